The van der Waals surface area contributed by atoms with Crippen LogP contribution in [0, 0.1) is 45.8 Å². The monoisotopic (exact) mass is 454 g/mol. The third kappa shape index (κ3) is 3.81. The van der Waals surface area contributed by atoms with E-state index in [0.717, 1.165) is 36.0 Å². The van der Waals surface area contributed by atoms with Gasteiger partial charge in [-0.05, 0) is 110 Å². The third-order valence-electron chi connectivity index (χ3n) is 12.5. The molecule has 0 aliphatic heterocycles. The molecule has 0 aromatic rings. The highest BCUT2D eigenvalue weighted by Crippen LogP contribution is 2.69. The van der Waals surface area contributed by atoms with E-state index in [1.165, 1.54) is 96.3 Å². The van der Waals surface area contributed by atoms with Crippen LogP contribution in [-0.2, 0) is 0 Å². The summed E-state index contributed by atoms with van der Waals surface area (Å²) in [6.45, 7) is 12.7. The molecule has 0 aromatic carbocycles. The summed E-state index contributed by atoms with van der Waals surface area (Å²) < 4.78 is 0. The number of fused-ring (bicyclic) bond motifs is 5. The standard InChI is InChI=1S/C32H54O/c1-22(2)10-9-11-23(3)25-13-14-26-24-12-15-28-31(5,27(24)16-20-30(25,26)4)21-17-29(33)32(28)18-7-6-8-19-32/h22-23,25-26,28-29,33H,6-21H2,1-5H3/t23-,25-,26+,28?,29+,30-,31-/m1/s1. The molecule has 0 aromatic heterocycles. The smallest absolute Gasteiger partial charge is 0.0599 e. The lowest BCUT2D eigenvalue weighted by Gasteiger charge is -2.62. The van der Waals surface area contributed by atoms with E-state index in [9.17, 15) is 5.11 Å². The second-order valence-corrected chi connectivity index (χ2v) is 14.4. The van der Waals surface area contributed by atoms with E-state index in [-0.39, 0.29) is 11.5 Å². The molecule has 0 heterocycles. The van der Waals surface area contributed by atoms with Gasteiger partial charge in [0.1, 0.15) is 0 Å². The number of aliphatic hydroxyl groups excluding tert-OH is 1. The summed E-state index contributed by atoms with van der Waals surface area (Å²) >= 11 is 0. The zero-order valence-corrected chi connectivity index (χ0v) is 22.7. The Hall–Kier alpha value is -0.300. The molecule has 1 nitrogen and oxygen atoms in total. The van der Waals surface area contributed by atoms with Crippen LogP contribution in [0.5, 0.6) is 0 Å². The van der Waals surface area contributed by atoms with Crippen molar-refractivity contribution in [3.8, 4) is 0 Å². The summed E-state index contributed by atoms with van der Waals surface area (Å²) in [5.41, 5.74) is 5.05. The van der Waals surface area contributed by atoms with E-state index in [1.54, 1.807) is 0 Å². The quantitative estimate of drug-likeness (QED) is 0.411. The van der Waals surface area contributed by atoms with E-state index < -0.39 is 0 Å². The molecule has 3 fully saturated rings. The van der Waals surface area contributed by atoms with E-state index in [1.807, 2.05) is 11.1 Å². The summed E-state index contributed by atoms with van der Waals surface area (Å²) in [6.07, 6.45) is 21.7. The van der Waals surface area contributed by atoms with E-state index in [0.29, 0.717) is 10.8 Å². The SMILES string of the molecule is CC(C)CCC[C@@H](C)[C@H]1CC[C@H]2C3=C(CC[C@]12C)[C@@]1(C)CC[C@H](O)C2(CCCCC2)C1CC3. The Morgan fingerprint density at radius 2 is 1.61 bits per heavy atom. The van der Waals surface area contributed by atoms with Crippen LogP contribution in [0.4, 0.5) is 0 Å². The number of allylic oxidation sites excluding steroid dienone is 2. The van der Waals surface area contributed by atoms with Crippen LogP contribution in [0.25, 0.3) is 0 Å². The molecule has 5 aliphatic carbocycles. The minimum absolute atomic E-state index is 0.0329. The topological polar surface area (TPSA) is 20.2 Å². The second kappa shape index (κ2) is 8.97. The third-order valence-corrected chi connectivity index (χ3v) is 12.5. The van der Waals surface area contributed by atoms with Crippen LogP contribution in [0.2, 0.25) is 0 Å². The van der Waals surface area contributed by atoms with Gasteiger partial charge in [-0.3, -0.25) is 0 Å². The van der Waals surface area contributed by atoms with Gasteiger partial charge in [0.05, 0.1) is 6.10 Å². The van der Waals surface area contributed by atoms with Crippen molar-refractivity contribution in [1.29, 1.82) is 0 Å². The Morgan fingerprint density at radius 1 is 0.848 bits per heavy atom. The predicted molar refractivity (Wildman–Crippen MR) is 140 cm³/mol. The first kappa shape index (κ1) is 24.4. The molecule has 1 heteroatoms. The summed E-state index contributed by atoms with van der Waals surface area (Å²) in [4.78, 5) is 0. The van der Waals surface area contributed by atoms with Gasteiger partial charge in [0.15, 0.2) is 0 Å². The molecule has 33 heavy (non-hydrogen) atoms. The fourth-order valence-corrected chi connectivity index (χ4v) is 10.8. The van der Waals surface area contributed by atoms with Crippen LogP contribution >= 0.6 is 0 Å². The largest absolute Gasteiger partial charge is 0.393 e. The van der Waals surface area contributed by atoms with Crippen molar-refractivity contribution in [1.82, 2.24) is 0 Å². The first-order chi connectivity index (χ1) is 15.7. The van der Waals surface area contributed by atoms with Gasteiger partial charge >= 0.3 is 0 Å². The Morgan fingerprint density at radius 3 is 2.33 bits per heavy atom. The van der Waals surface area contributed by atoms with Gasteiger partial charge in [0.25, 0.3) is 0 Å². The maximum atomic E-state index is 11.3. The average molecular weight is 455 g/mol. The molecule has 1 N–H and O–H groups in total. The normalized spacial score (nSPS) is 43.4. The van der Waals surface area contributed by atoms with Gasteiger partial charge in [0.2, 0.25) is 0 Å². The van der Waals surface area contributed by atoms with Gasteiger partial charge in [-0.25, -0.2) is 0 Å². The molecule has 7 atom stereocenters. The molecule has 1 spiro atoms. The van der Waals surface area contributed by atoms with Gasteiger partial charge in [-0.1, -0.05) is 84.3 Å². The van der Waals surface area contributed by atoms with Crippen LogP contribution in [0.15, 0.2) is 11.1 Å². The van der Waals surface area contributed by atoms with Crippen LogP contribution in [0.3, 0.4) is 0 Å². The maximum Gasteiger partial charge on any atom is 0.0599 e. The minimum atomic E-state index is -0.0329. The van der Waals surface area contributed by atoms with Crippen molar-refractivity contribution >= 4 is 0 Å². The van der Waals surface area contributed by atoms with Crippen molar-refractivity contribution in [2.75, 3.05) is 0 Å². The first-order valence-electron chi connectivity index (χ1n) is 15.1. The second-order valence-electron chi connectivity index (χ2n) is 14.4. The van der Waals surface area contributed by atoms with Crippen LogP contribution in [0.1, 0.15) is 137 Å². The number of hydrogen-bond donors (Lipinski definition) is 1. The zero-order chi connectivity index (χ0) is 23.4. The molecule has 0 amide bonds. The lowest BCUT2D eigenvalue weighted by molar-refractivity contribution is -0.131. The summed E-state index contributed by atoms with van der Waals surface area (Å²) in [7, 11) is 0. The van der Waals surface area contributed by atoms with Gasteiger partial charge in [0, 0.05) is 0 Å². The first-order valence-corrected chi connectivity index (χ1v) is 15.1. The highest BCUT2D eigenvalue weighted by atomic mass is 16.3. The molecule has 188 valence electrons. The van der Waals surface area contributed by atoms with E-state index in [2.05, 4.69) is 34.6 Å². The fourth-order valence-electron chi connectivity index (χ4n) is 10.8. The summed E-state index contributed by atoms with van der Waals surface area (Å²) in [6, 6.07) is 0. The van der Waals surface area contributed by atoms with Crippen molar-refractivity contribution in [3.05, 3.63) is 11.1 Å². The van der Waals surface area contributed by atoms with Gasteiger partial charge in [-0.15, -0.1) is 0 Å². The van der Waals surface area contributed by atoms with Gasteiger partial charge < -0.3 is 5.11 Å². The lowest BCUT2D eigenvalue weighted by Crippen LogP contribution is -2.56. The van der Waals surface area contributed by atoms with Crippen molar-refractivity contribution < 1.29 is 5.11 Å². The fraction of sp³-hybridized carbons (Fsp3) is 0.938. The molecule has 0 saturated heterocycles. The molecule has 0 radical (unpaired) electrons. The molecule has 1 unspecified atom stereocenters. The highest BCUT2D eigenvalue weighted by molar-refractivity contribution is 5.35. The predicted octanol–water partition coefficient (Wildman–Crippen LogP) is 9.09. The maximum absolute atomic E-state index is 11.3. The molecular formula is C32H54O. The van der Waals surface area contributed by atoms with E-state index >= 15 is 0 Å². The molecule has 0 bridgehead atoms. The molecule has 5 aliphatic rings. The lowest BCUT2D eigenvalue weighted by atomic mass is 9.43. The Bertz CT molecular complexity index is 742. The van der Waals surface area contributed by atoms with Gasteiger partial charge in [-0.2, -0.15) is 0 Å². The minimum Gasteiger partial charge on any atom is -0.393 e. The van der Waals surface area contributed by atoms with Crippen molar-refractivity contribution in [2.24, 2.45) is 45.8 Å². The van der Waals surface area contributed by atoms with E-state index in [4.69, 9.17) is 0 Å². The molecular weight excluding hydrogens is 400 g/mol. The highest BCUT2D eigenvalue weighted by Gasteiger charge is 2.61. The van der Waals surface area contributed by atoms with Crippen molar-refractivity contribution in [3.63, 3.8) is 0 Å². The number of hydrogen-bond acceptors (Lipinski definition) is 1. The Kier molecular flexibility index (Phi) is 6.63. The van der Waals surface area contributed by atoms with Crippen molar-refractivity contribution in [2.45, 2.75) is 143 Å². The summed E-state index contributed by atoms with van der Waals surface area (Å²) in [5.74, 6) is 4.29. The number of aliphatic hydroxyl groups is 1. The number of rotatable bonds is 5. The molecule has 3 saturated carbocycles. The Labute approximate surface area is 205 Å². The summed E-state index contributed by atoms with van der Waals surface area (Å²) in [5, 5.41) is 11.3. The molecule has 5 rings (SSSR count). The average Bonchev–Trinajstić information content (AvgIpc) is 3.14. The zero-order valence-electron chi connectivity index (χ0n) is 22.7. The van der Waals surface area contributed by atoms with Crippen LogP contribution in [-0.4, -0.2) is 11.2 Å². The Balaban J connectivity index is 1.39. The van der Waals surface area contributed by atoms with Crippen LogP contribution < -0.4 is 0 Å².